The van der Waals surface area contributed by atoms with E-state index in [1.165, 1.54) is 12.1 Å². The summed E-state index contributed by atoms with van der Waals surface area (Å²) in [6.45, 7) is 1.75. The van der Waals surface area contributed by atoms with E-state index in [4.69, 9.17) is 5.11 Å². The molecule has 2 nitrogen and oxygen atoms in total. The largest absolute Gasteiger partial charge is 0.508 e. The monoisotopic (exact) mass is 150 g/mol. The molecule has 0 fully saturated rings. The highest BCUT2D eigenvalue weighted by molar-refractivity contribution is 5.58. The van der Waals surface area contributed by atoms with Gasteiger partial charge in [-0.25, -0.2) is 0 Å². The van der Waals surface area contributed by atoms with Crippen LogP contribution in [-0.2, 0) is 0 Å². The van der Waals surface area contributed by atoms with Crippen molar-refractivity contribution in [2.75, 3.05) is 0 Å². The number of hydrogen-bond acceptors (Lipinski definition) is 2. The van der Waals surface area contributed by atoms with Crippen LogP contribution >= 0.6 is 0 Å². The van der Waals surface area contributed by atoms with Crippen LogP contribution in [0.25, 0.3) is 5.76 Å². The van der Waals surface area contributed by atoms with E-state index < -0.39 is 0 Å². The van der Waals surface area contributed by atoms with Gasteiger partial charge in [0.15, 0.2) is 0 Å². The summed E-state index contributed by atoms with van der Waals surface area (Å²) in [7, 11) is 0. The molecule has 0 unspecified atom stereocenters. The molecule has 0 saturated heterocycles. The van der Waals surface area contributed by atoms with E-state index in [9.17, 15) is 5.11 Å². The second-order valence-corrected chi connectivity index (χ2v) is 2.22. The number of phenolic OH excluding ortho intramolecular Hbond substituents is 1. The maximum Gasteiger partial charge on any atom is 0.118 e. The summed E-state index contributed by atoms with van der Waals surface area (Å²) in [5.74, 6) is 0.433. The van der Waals surface area contributed by atoms with Gasteiger partial charge in [-0.1, -0.05) is 0 Å². The lowest BCUT2D eigenvalue weighted by Gasteiger charge is -1.98. The fourth-order valence-corrected chi connectivity index (χ4v) is 0.799. The van der Waals surface area contributed by atoms with Gasteiger partial charge >= 0.3 is 0 Å². The molecule has 58 valence electrons. The number of allylic oxidation sites excluding steroid dienone is 1. The molecule has 0 aliphatic heterocycles. The Hall–Kier alpha value is -1.44. The first-order chi connectivity index (χ1) is 5.24. The Morgan fingerprint density at radius 1 is 1.27 bits per heavy atom. The predicted octanol–water partition coefficient (Wildman–Crippen LogP) is 2.31. The van der Waals surface area contributed by atoms with Gasteiger partial charge in [-0.05, 0) is 37.3 Å². The first-order valence-electron chi connectivity index (χ1n) is 3.38. The second kappa shape index (κ2) is 3.10. The number of aliphatic hydroxyl groups is 1. The molecule has 0 heterocycles. The van der Waals surface area contributed by atoms with Crippen LogP contribution in [0, 0.1) is 0 Å². The Kier molecular flexibility index (Phi) is 2.16. The third kappa shape index (κ3) is 1.74. The van der Waals surface area contributed by atoms with Gasteiger partial charge in [0.05, 0.1) is 0 Å². The minimum atomic E-state index is 0.206. The number of rotatable bonds is 1. The molecule has 11 heavy (non-hydrogen) atoms. The normalized spacial score (nSPS) is 11.5. The SMILES string of the molecule is CC=C(O)c1ccc(O)cc1. The smallest absolute Gasteiger partial charge is 0.118 e. The second-order valence-electron chi connectivity index (χ2n) is 2.22. The van der Waals surface area contributed by atoms with Gasteiger partial charge in [0, 0.05) is 5.56 Å². The molecule has 0 amide bonds. The zero-order valence-corrected chi connectivity index (χ0v) is 6.28. The third-order valence-corrected chi connectivity index (χ3v) is 1.44. The molecule has 0 saturated carbocycles. The maximum atomic E-state index is 9.20. The van der Waals surface area contributed by atoms with Gasteiger partial charge in [-0.3, -0.25) is 0 Å². The molecule has 2 N–H and O–H groups in total. The number of benzene rings is 1. The van der Waals surface area contributed by atoms with Crippen LogP contribution in [0.4, 0.5) is 0 Å². The quantitative estimate of drug-likeness (QED) is 0.603. The molecular formula is C9H10O2. The standard InChI is InChI=1S/C9H10O2/c1-2-9(11)7-3-5-8(10)6-4-7/h2-6,10-11H,1H3. The molecule has 0 aromatic heterocycles. The summed E-state index contributed by atoms with van der Waals surface area (Å²) in [5, 5.41) is 18.1. The van der Waals surface area contributed by atoms with Crippen molar-refractivity contribution in [1.29, 1.82) is 0 Å². The molecule has 0 spiro atoms. The van der Waals surface area contributed by atoms with Crippen molar-refractivity contribution in [2.24, 2.45) is 0 Å². The zero-order chi connectivity index (χ0) is 8.27. The van der Waals surface area contributed by atoms with Crippen LogP contribution in [-0.4, -0.2) is 10.2 Å². The van der Waals surface area contributed by atoms with Crippen molar-refractivity contribution in [3.63, 3.8) is 0 Å². The molecule has 1 aromatic rings. The van der Waals surface area contributed by atoms with E-state index in [0.29, 0.717) is 5.56 Å². The van der Waals surface area contributed by atoms with Crippen LogP contribution in [0.1, 0.15) is 12.5 Å². The Bertz CT molecular complexity index is 259. The zero-order valence-electron chi connectivity index (χ0n) is 6.28. The van der Waals surface area contributed by atoms with Crippen molar-refractivity contribution in [2.45, 2.75) is 6.92 Å². The van der Waals surface area contributed by atoms with E-state index in [-0.39, 0.29) is 11.5 Å². The highest BCUT2D eigenvalue weighted by atomic mass is 16.3. The summed E-state index contributed by atoms with van der Waals surface area (Å²) in [4.78, 5) is 0. The number of aromatic hydroxyl groups is 1. The van der Waals surface area contributed by atoms with Gasteiger partial charge in [-0.2, -0.15) is 0 Å². The van der Waals surface area contributed by atoms with E-state index in [2.05, 4.69) is 0 Å². The highest BCUT2D eigenvalue weighted by Gasteiger charge is 1.95. The summed E-state index contributed by atoms with van der Waals surface area (Å²) in [6.07, 6.45) is 1.60. The lowest BCUT2D eigenvalue weighted by atomic mass is 10.2. The fourth-order valence-electron chi connectivity index (χ4n) is 0.799. The van der Waals surface area contributed by atoms with Crippen molar-refractivity contribution < 1.29 is 10.2 Å². The van der Waals surface area contributed by atoms with Crippen LogP contribution in [0.5, 0.6) is 5.75 Å². The first-order valence-corrected chi connectivity index (χ1v) is 3.38. The highest BCUT2D eigenvalue weighted by Crippen LogP contribution is 2.14. The molecule has 2 heteroatoms. The number of hydrogen-bond donors (Lipinski definition) is 2. The van der Waals surface area contributed by atoms with E-state index in [0.717, 1.165) is 0 Å². The predicted molar refractivity (Wildman–Crippen MR) is 44.4 cm³/mol. The minimum absolute atomic E-state index is 0.206. The third-order valence-electron chi connectivity index (χ3n) is 1.44. The van der Waals surface area contributed by atoms with E-state index >= 15 is 0 Å². The fraction of sp³-hybridized carbons (Fsp3) is 0.111. The van der Waals surface area contributed by atoms with Crippen LogP contribution in [0.3, 0.4) is 0 Å². The van der Waals surface area contributed by atoms with E-state index in [1.807, 2.05) is 0 Å². The summed E-state index contributed by atoms with van der Waals surface area (Å²) in [5.41, 5.74) is 0.713. The average Bonchev–Trinajstić information content (AvgIpc) is 2.05. The lowest BCUT2D eigenvalue weighted by molar-refractivity contribution is 0.474. The van der Waals surface area contributed by atoms with Crippen molar-refractivity contribution >= 4 is 5.76 Å². The van der Waals surface area contributed by atoms with Gasteiger partial charge in [-0.15, -0.1) is 0 Å². The number of phenols is 1. The van der Waals surface area contributed by atoms with Gasteiger partial charge in [0.2, 0.25) is 0 Å². The van der Waals surface area contributed by atoms with Crippen LogP contribution in [0.15, 0.2) is 30.3 Å². The van der Waals surface area contributed by atoms with Crippen LogP contribution in [0.2, 0.25) is 0 Å². The Morgan fingerprint density at radius 2 is 1.82 bits per heavy atom. The summed E-state index contributed by atoms with van der Waals surface area (Å²) >= 11 is 0. The van der Waals surface area contributed by atoms with E-state index in [1.54, 1.807) is 25.1 Å². The average molecular weight is 150 g/mol. The molecule has 1 rings (SSSR count). The Morgan fingerprint density at radius 3 is 2.27 bits per heavy atom. The van der Waals surface area contributed by atoms with Crippen LogP contribution < -0.4 is 0 Å². The summed E-state index contributed by atoms with van der Waals surface area (Å²) < 4.78 is 0. The number of aliphatic hydroxyl groups excluding tert-OH is 1. The Balaban J connectivity index is 2.99. The Labute approximate surface area is 65.4 Å². The molecular weight excluding hydrogens is 140 g/mol. The molecule has 1 aromatic carbocycles. The summed E-state index contributed by atoms with van der Waals surface area (Å²) in [6, 6.07) is 6.39. The van der Waals surface area contributed by atoms with Gasteiger partial charge in [0.1, 0.15) is 11.5 Å². The maximum absolute atomic E-state index is 9.20. The van der Waals surface area contributed by atoms with Crippen molar-refractivity contribution in [3.8, 4) is 5.75 Å². The van der Waals surface area contributed by atoms with Crippen molar-refractivity contribution in [1.82, 2.24) is 0 Å². The molecule has 0 atom stereocenters. The van der Waals surface area contributed by atoms with Gasteiger partial charge < -0.3 is 10.2 Å². The molecule has 0 aliphatic carbocycles. The van der Waals surface area contributed by atoms with Crippen molar-refractivity contribution in [3.05, 3.63) is 35.9 Å². The van der Waals surface area contributed by atoms with Gasteiger partial charge in [0.25, 0.3) is 0 Å². The topological polar surface area (TPSA) is 40.5 Å². The minimum Gasteiger partial charge on any atom is -0.508 e. The lowest BCUT2D eigenvalue weighted by Crippen LogP contribution is -1.79. The molecule has 0 bridgehead atoms. The molecule has 0 aliphatic rings. The first kappa shape index (κ1) is 7.66. The molecule has 0 radical (unpaired) electrons.